The van der Waals surface area contributed by atoms with Crippen LogP contribution in [0.4, 0.5) is 0 Å². The van der Waals surface area contributed by atoms with Crippen molar-refractivity contribution in [3.8, 4) is 16.8 Å². The van der Waals surface area contributed by atoms with Crippen molar-refractivity contribution in [2.24, 2.45) is 0 Å². The number of fused-ring (bicyclic) bond motifs is 8. The number of rotatable bonds is 5. The molecule has 1 atom stereocenters. The fourth-order valence-electron chi connectivity index (χ4n) is 7.90. The summed E-state index contributed by atoms with van der Waals surface area (Å²) >= 11 is 0. The Hall–Kier alpha value is -6.38. The standard InChI is InChI=1S/C47H31NO/c1-4-14-31(15-5-1)40-30-42-41-28-33(25-27-45(41)49-47(42)39-22-11-10-20-36(39)40)46(32-16-6-2-7-17-32)34-24-26-38-37-21-12-13-23-43(37)48(44(38)29-34)35-18-8-3-9-19-35/h1-30,46H. The van der Waals surface area contributed by atoms with Crippen LogP contribution in [-0.2, 0) is 0 Å². The third-order valence-electron chi connectivity index (χ3n) is 10.1. The molecule has 10 aromatic rings. The van der Waals surface area contributed by atoms with Gasteiger partial charge in [0.15, 0.2) is 0 Å². The quantitative estimate of drug-likeness (QED) is 0.174. The van der Waals surface area contributed by atoms with Crippen LogP contribution in [0, 0.1) is 0 Å². The van der Waals surface area contributed by atoms with E-state index < -0.39 is 0 Å². The summed E-state index contributed by atoms with van der Waals surface area (Å²) in [5.41, 5.74) is 11.6. The molecule has 0 aliphatic carbocycles. The minimum Gasteiger partial charge on any atom is -0.455 e. The van der Waals surface area contributed by atoms with Crippen molar-refractivity contribution in [3.05, 3.63) is 199 Å². The average molecular weight is 626 g/mol. The average Bonchev–Trinajstić information content (AvgIpc) is 3.71. The molecule has 49 heavy (non-hydrogen) atoms. The van der Waals surface area contributed by atoms with Gasteiger partial charge in [0.2, 0.25) is 0 Å². The second kappa shape index (κ2) is 11.1. The molecule has 8 aromatic carbocycles. The smallest absolute Gasteiger partial charge is 0.143 e. The van der Waals surface area contributed by atoms with E-state index in [2.05, 4.69) is 187 Å². The summed E-state index contributed by atoms with van der Waals surface area (Å²) in [6, 6.07) is 65.7. The Balaban J connectivity index is 1.22. The van der Waals surface area contributed by atoms with E-state index in [0.29, 0.717) is 0 Å². The molecule has 0 saturated heterocycles. The van der Waals surface area contributed by atoms with Gasteiger partial charge in [-0.25, -0.2) is 0 Å². The minimum atomic E-state index is 0.0243. The molecule has 0 fully saturated rings. The Kier molecular flexibility index (Phi) is 6.28. The number of nitrogens with zero attached hydrogens (tertiary/aromatic N) is 1. The molecule has 230 valence electrons. The first-order valence-corrected chi connectivity index (χ1v) is 16.9. The zero-order chi connectivity index (χ0) is 32.3. The van der Waals surface area contributed by atoms with Crippen molar-refractivity contribution >= 4 is 54.5 Å². The van der Waals surface area contributed by atoms with Crippen LogP contribution < -0.4 is 0 Å². The zero-order valence-electron chi connectivity index (χ0n) is 26.8. The van der Waals surface area contributed by atoms with Crippen LogP contribution in [0.25, 0.3) is 71.3 Å². The summed E-state index contributed by atoms with van der Waals surface area (Å²) in [5, 5.41) is 7.13. The fourth-order valence-corrected chi connectivity index (χ4v) is 7.90. The van der Waals surface area contributed by atoms with Crippen LogP contribution in [0.2, 0.25) is 0 Å². The van der Waals surface area contributed by atoms with Gasteiger partial charge in [0.05, 0.1) is 11.0 Å². The van der Waals surface area contributed by atoms with Gasteiger partial charge >= 0.3 is 0 Å². The van der Waals surface area contributed by atoms with Crippen molar-refractivity contribution in [2.75, 3.05) is 0 Å². The molecule has 2 heteroatoms. The van der Waals surface area contributed by atoms with E-state index in [-0.39, 0.29) is 5.92 Å². The van der Waals surface area contributed by atoms with Crippen LogP contribution in [0.5, 0.6) is 0 Å². The van der Waals surface area contributed by atoms with Crippen molar-refractivity contribution in [1.29, 1.82) is 0 Å². The second-order valence-electron chi connectivity index (χ2n) is 12.9. The minimum absolute atomic E-state index is 0.0243. The topological polar surface area (TPSA) is 18.1 Å². The summed E-state index contributed by atoms with van der Waals surface area (Å²) < 4.78 is 9.06. The van der Waals surface area contributed by atoms with Crippen molar-refractivity contribution in [2.45, 2.75) is 5.92 Å². The summed E-state index contributed by atoms with van der Waals surface area (Å²) in [6.07, 6.45) is 0. The predicted molar refractivity (Wildman–Crippen MR) is 205 cm³/mol. The van der Waals surface area contributed by atoms with E-state index in [9.17, 15) is 0 Å². The lowest BCUT2D eigenvalue weighted by molar-refractivity contribution is 0.672. The number of aromatic nitrogens is 1. The number of hydrogen-bond donors (Lipinski definition) is 0. The predicted octanol–water partition coefficient (Wildman–Crippen LogP) is 12.7. The Morgan fingerprint density at radius 1 is 0.388 bits per heavy atom. The molecular formula is C47H31NO. The second-order valence-corrected chi connectivity index (χ2v) is 12.9. The first-order valence-electron chi connectivity index (χ1n) is 16.9. The maximum Gasteiger partial charge on any atom is 0.143 e. The lowest BCUT2D eigenvalue weighted by Gasteiger charge is -2.20. The number of hydrogen-bond acceptors (Lipinski definition) is 1. The summed E-state index contributed by atoms with van der Waals surface area (Å²) in [7, 11) is 0. The monoisotopic (exact) mass is 625 g/mol. The van der Waals surface area contributed by atoms with Crippen LogP contribution in [-0.4, -0.2) is 4.57 Å². The molecule has 1 unspecified atom stereocenters. The Labute approximate surface area is 284 Å². The van der Waals surface area contributed by atoms with Gasteiger partial charge < -0.3 is 8.98 Å². The highest BCUT2D eigenvalue weighted by molar-refractivity contribution is 6.19. The summed E-state index contributed by atoms with van der Waals surface area (Å²) in [5.74, 6) is 0.0243. The molecule has 0 spiro atoms. The fraction of sp³-hybridized carbons (Fsp3) is 0.0213. The van der Waals surface area contributed by atoms with E-state index in [4.69, 9.17) is 4.42 Å². The highest BCUT2D eigenvalue weighted by Gasteiger charge is 2.22. The molecule has 2 nitrogen and oxygen atoms in total. The molecular weight excluding hydrogens is 595 g/mol. The number of benzene rings is 8. The Bertz CT molecular complexity index is 2810. The normalized spacial score (nSPS) is 12.4. The van der Waals surface area contributed by atoms with Crippen LogP contribution in [0.1, 0.15) is 22.6 Å². The van der Waals surface area contributed by atoms with E-state index in [1.807, 2.05) is 0 Å². The molecule has 0 radical (unpaired) electrons. The molecule has 2 aromatic heterocycles. The van der Waals surface area contributed by atoms with Crippen molar-refractivity contribution in [3.63, 3.8) is 0 Å². The number of furan rings is 1. The Morgan fingerprint density at radius 3 is 1.80 bits per heavy atom. The zero-order valence-corrected chi connectivity index (χ0v) is 26.8. The van der Waals surface area contributed by atoms with E-state index in [0.717, 1.165) is 33.0 Å². The third-order valence-corrected chi connectivity index (χ3v) is 10.1. The van der Waals surface area contributed by atoms with Gasteiger partial charge in [-0.15, -0.1) is 0 Å². The lowest BCUT2D eigenvalue weighted by Crippen LogP contribution is -2.04. The number of para-hydroxylation sites is 2. The van der Waals surface area contributed by atoms with Gasteiger partial charge in [0.25, 0.3) is 0 Å². The molecule has 0 saturated carbocycles. The SMILES string of the molecule is c1ccc(-c2cc3c4cc(C(c5ccccc5)c5ccc6c7ccccc7n(-c7ccccc7)c6c5)ccc4oc3c3ccccc23)cc1. The van der Waals surface area contributed by atoms with Gasteiger partial charge in [-0.1, -0.05) is 140 Å². The summed E-state index contributed by atoms with van der Waals surface area (Å²) in [4.78, 5) is 0. The molecule has 0 aliphatic heterocycles. The highest BCUT2D eigenvalue weighted by atomic mass is 16.3. The maximum absolute atomic E-state index is 6.66. The van der Waals surface area contributed by atoms with Crippen molar-refractivity contribution < 1.29 is 4.42 Å². The van der Waals surface area contributed by atoms with E-state index in [1.54, 1.807) is 0 Å². The Morgan fingerprint density at radius 2 is 1.00 bits per heavy atom. The molecule has 0 amide bonds. The molecule has 2 heterocycles. The highest BCUT2D eigenvalue weighted by Crippen LogP contribution is 2.43. The maximum atomic E-state index is 6.66. The van der Waals surface area contributed by atoms with Crippen LogP contribution >= 0.6 is 0 Å². The molecule has 0 bridgehead atoms. The molecule has 0 aliphatic rings. The molecule has 0 N–H and O–H groups in total. The van der Waals surface area contributed by atoms with E-state index in [1.165, 1.54) is 55.0 Å². The van der Waals surface area contributed by atoms with Crippen LogP contribution in [0.3, 0.4) is 0 Å². The van der Waals surface area contributed by atoms with Crippen molar-refractivity contribution in [1.82, 2.24) is 4.57 Å². The summed E-state index contributed by atoms with van der Waals surface area (Å²) in [6.45, 7) is 0. The lowest BCUT2D eigenvalue weighted by atomic mass is 9.84. The van der Waals surface area contributed by atoms with Gasteiger partial charge in [-0.2, -0.15) is 0 Å². The molecule has 10 rings (SSSR count). The van der Waals surface area contributed by atoms with Gasteiger partial charge in [-0.05, 0) is 75.7 Å². The van der Waals surface area contributed by atoms with Crippen LogP contribution in [0.15, 0.2) is 186 Å². The van der Waals surface area contributed by atoms with Gasteiger partial charge in [0, 0.05) is 38.5 Å². The first kappa shape index (κ1) is 27.7. The van der Waals surface area contributed by atoms with Gasteiger partial charge in [0.1, 0.15) is 11.2 Å². The van der Waals surface area contributed by atoms with E-state index >= 15 is 0 Å². The first-order chi connectivity index (χ1) is 24.3. The third kappa shape index (κ3) is 4.42. The largest absolute Gasteiger partial charge is 0.455 e. The van der Waals surface area contributed by atoms with Gasteiger partial charge in [-0.3, -0.25) is 0 Å².